The quantitative estimate of drug-likeness (QED) is 0.611. The van der Waals surface area contributed by atoms with Crippen molar-refractivity contribution in [3.8, 4) is 0 Å². The molecule has 4 nitrogen and oxygen atoms in total. The first kappa shape index (κ1) is 13.9. The first-order chi connectivity index (χ1) is 6.54. The zero-order valence-corrected chi connectivity index (χ0v) is 9.85. The van der Waals surface area contributed by atoms with Gasteiger partial charge in [-0.2, -0.15) is 0 Å². The minimum absolute atomic E-state index is 0.0785. The smallest absolute Gasteiger partial charge is 0.156 e. The van der Waals surface area contributed by atoms with E-state index in [0.717, 1.165) is 12.8 Å². The lowest BCUT2D eigenvalue weighted by Crippen LogP contribution is -2.30. The lowest BCUT2D eigenvalue weighted by Gasteiger charge is -2.10. The van der Waals surface area contributed by atoms with Crippen LogP contribution in [0.5, 0.6) is 0 Å². The number of sulfone groups is 1. The molecule has 0 aliphatic rings. The molecule has 0 aliphatic heterocycles. The van der Waals surface area contributed by atoms with E-state index < -0.39 is 15.1 Å². The SMILES string of the molecule is CCCCOCCS(=O)(=O)C(C)CN. The number of hydrogen-bond donors (Lipinski definition) is 1. The Labute approximate surface area is 86.7 Å². The van der Waals surface area contributed by atoms with Crippen molar-refractivity contribution in [2.75, 3.05) is 25.5 Å². The Morgan fingerprint density at radius 1 is 1.36 bits per heavy atom. The van der Waals surface area contributed by atoms with Crippen LogP contribution in [-0.2, 0) is 14.6 Å². The highest BCUT2D eigenvalue weighted by Gasteiger charge is 2.18. The fraction of sp³-hybridized carbons (Fsp3) is 1.00. The van der Waals surface area contributed by atoms with Crippen molar-refractivity contribution in [3.05, 3.63) is 0 Å². The topological polar surface area (TPSA) is 69.4 Å². The molecule has 0 saturated carbocycles. The molecule has 0 bridgehead atoms. The molecule has 0 aliphatic carbocycles. The molecule has 0 fully saturated rings. The summed E-state index contributed by atoms with van der Waals surface area (Å²) in [5, 5.41) is -0.461. The van der Waals surface area contributed by atoms with E-state index in [9.17, 15) is 8.42 Å². The highest BCUT2D eigenvalue weighted by Crippen LogP contribution is 2.00. The molecule has 0 aromatic heterocycles. The molecule has 0 aromatic carbocycles. The van der Waals surface area contributed by atoms with Crippen LogP contribution in [0.4, 0.5) is 0 Å². The summed E-state index contributed by atoms with van der Waals surface area (Å²) in [4.78, 5) is 0. The maximum absolute atomic E-state index is 11.4. The van der Waals surface area contributed by atoms with Gasteiger partial charge in [0.1, 0.15) is 0 Å². The zero-order valence-electron chi connectivity index (χ0n) is 9.03. The van der Waals surface area contributed by atoms with Gasteiger partial charge in [0.15, 0.2) is 9.84 Å². The minimum Gasteiger partial charge on any atom is -0.380 e. The third-order valence-electron chi connectivity index (χ3n) is 2.10. The summed E-state index contributed by atoms with van der Waals surface area (Å²) in [7, 11) is -3.05. The molecule has 0 radical (unpaired) electrons. The Morgan fingerprint density at radius 2 is 2.00 bits per heavy atom. The second-order valence-electron chi connectivity index (χ2n) is 3.38. The van der Waals surface area contributed by atoms with Gasteiger partial charge in [0.2, 0.25) is 0 Å². The first-order valence-corrected chi connectivity index (χ1v) is 6.75. The van der Waals surface area contributed by atoms with Crippen molar-refractivity contribution in [2.45, 2.75) is 31.9 Å². The number of unbranched alkanes of at least 4 members (excludes halogenated alkanes) is 1. The molecule has 0 saturated heterocycles. The maximum atomic E-state index is 11.4. The van der Waals surface area contributed by atoms with Gasteiger partial charge in [0.25, 0.3) is 0 Å². The highest BCUT2D eigenvalue weighted by molar-refractivity contribution is 7.92. The second kappa shape index (κ2) is 7.20. The van der Waals surface area contributed by atoms with Crippen LogP contribution in [0, 0.1) is 0 Å². The van der Waals surface area contributed by atoms with Crippen LogP contribution in [0.25, 0.3) is 0 Å². The Morgan fingerprint density at radius 3 is 2.50 bits per heavy atom. The Bertz CT molecular complexity index is 226. The van der Waals surface area contributed by atoms with Crippen LogP contribution in [0.15, 0.2) is 0 Å². The third-order valence-corrected chi connectivity index (χ3v) is 4.25. The van der Waals surface area contributed by atoms with E-state index in [1.165, 1.54) is 0 Å². The molecule has 0 spiro atoms. The standard InChI is InChI=1S/C9H21NO3S/c1-3-4-5-13-6-7-14(11,12)9(2)8-10/h9H,3-8,10H2,1-2H3. The van der Waals surface area contributed by atoms with Crippen molar-refractivity contribution in [3.63, 3.8) is 0 Å². The fourth-order valence-electron chi connectivity index (χ4n) is 0.871. The van der Waals surface area contributed by atoms with Crippen molar-refractivity contribution in [1.29, 1.82) is 0 Å². The molecular weight excluding hydrogens is 202 g/mol. The number of ether oxygens (including phenoxy) is 1. The van der Waals surface area contributed by atoms with Crippen LogP contribution in [0.2, 0.25) is 0 Å². The average Bonchev–Trinajstić information content (AvgIpc) is 2.16. The molecule has 0 amide bonds. The average molecular weight is 223 g/mol. The van der Waals surface area contributed by atoms with E-state index in [-0.39, 0.29) is 18.9 Å². The van der Waals surface area contributed by atoms with Gasteiger partial charge in [-0.25, -0.2) is 8.42 Å². The Balaban J connectivity index is 3.67. The van der Waals surface area contributed by atoms with E-state index in [4.69, 9.17) is 10.5 Å². The minimum atomic E-state index is -3.05. The molecule has 5 heteroatoms. The summed E-state index contributed by atoms with van der Waals surface area (Å²) < 4.78 is 28.1. The van der Waals surface area contributed by atoms with Crippen LogP contribution in [-0.4, -0.2) is 39.2 Å². The van der Waals surface area contributed by atoms with E-state index in [0.29, 0.717) is 6.61 Å². The van der Waals surface area contributed by atoms with Gasteiger partial charge in [0.05, 0.1) is 17.6 Å². The second-order valence-corrected chi connectivity index (χ2v) is 5.92. The van der Waals surface area contributed by atoms with Crippen molar-refractivity contribution in [1.82, 2.24) is 0 Å². The van der Waals surface area contributed by atoms with E-state index in [1.54, 1.807) is 6.92 Å². The van der Waals surface area contributed by atoms with Crippen molar-refractivity contribution >= 4 is 9.84 Å². The number of nitrogens with two attached hydrogens (primary N) is 1. The lowest BCUT2D eigenvalue weighted by molar-refractivity contribution is 0.145. The molecule has 1 atom stereocenters. The maximum Gasteiger partial charge on any atom is 0.156 e. The van der Waals surface area contributed by atoms with Crippen LogP contribution >= 0.6 is 0 Å². The lowest BCUT2D eigenvalue weighted by atomic mass is 10.4. The van der Waals surface area contributed by atoms with Gasteiger partial charge < -0.3 is 10.5 Å². The Kier molecular flexibility index (Phi) is 7.13. The number of rotatable bonds is 8. The summed E-state index contributed by atoms with van der Waals surface area (Å²) in [5.41, 5.74) is 5.29. The van der Waals surface area contributed by atoms with Gasteiger partial charge in [-0.1, -0.05) is 13.3 Å². The van der Waals surface area contributed by atoms with Crippen molar-refractivity contribution in [2.24, 2.45) is 5.73 Å². The highest BCUT2D eigenvalue weighted by atomic mass is 32.2. The predicted octanol–water partition coefficient (Wildman–Crippen LogP) is 0.565. The summed E-state index contributed by atoms with van der Waals surface area (Å²) >= 11 is 0. The molecular formula is C9H21NO3S. The molecule has 0 heterocycles. The molecule has 2 N–H and O–H groups in total. The van der Waals surface area contributed by atoms with Gasteiger partial charge in [-0.3, -0.25) is 0 Å². The van der Waals surface area contributed by atoms with Gasteiger partial charge in [0, 0.05) is 13.2 Å². The normalized spacial score (nSPS) is 14.2. The largest absolute Gasteiger partial charge is 0.380 e. The van der Waals surface area contributed by atoms with E-state index in [2.05, 4.69) is 6.92 Å². The van der Waals surface area contributed by atoms with Gasteiger partial charge in [-0.15, -0.1) is 0 Å². The summed E-state index contributed by atoms with van der Waals surface area (Å²) in [6.45, 7) is 4.80. The molecule has 0 rings (SSSR count). The molecule has 14 heavy (non-hydrogen) atoms. The summed E-state index contributed by atoms with van der Waals surface area (Å²) in [6.07, 6.45) is 2.04. The van der Waals surface area contributed by atoms with Gasteiger partial charge in [-0.05, 0) is 13.3 Å². The van der Waals surface area contributed by atoms with E-state index >= 15 is 0 Å². The zero-order chi connectivity index (χ0) is 11.0. The monoisotopic (exact) mass is 223 g/mol. The summed E-state index contributed by atoms with van der Waals surface area (Å²) in [6, 6.07) is 0. The molecule has 86 valence electrons. The number of hydrogen-bond acceptors (Lipinski definition) is 4. The molecule has 1 unspecified atom stereocenters. The Hall–Kier alpha value is -0.130. The van der Waals surface area contributed by atoms with Gasteiger partial charge >= 0.3 is 0 Å². The van der Waals surface area contributed by atoms with E-state index in [1.807, 2.05) is 0 Å². The van der Waals surface area contributed by atoms with Crippen molar-refractivity contribution < 1.29 is 13.2 Å². The van der Waals surface area contributed by atoms with Crippen LogP contribution in [0.1, 0.15) is 26.7 Å². The summed E-state index contributed by atoms with van der Waals surface area (Å²) in [5.74, 6) is 0.0785. The van der Waals surface area contributed by atoms with Crippen LogP contribution in [0.3, 0.4) is 0 Å². The fourth-order valence-corrected chi connectivity index (χ4v) is 1.92. The third kappa shape index (κ3) is 5.57. The molecule has 0 aromatic rings. The predicted molar refractivity (Wildman–Crippen MR) is 58.0 cm³/mol. The first-order valence-electron chi connectivity index (χ1n) is 5.04. The van der Waals surface area contributed by atoms with Crippen LogP contribution < -0.4 is 5.73 Å².